The fraction of sp³-hybridized carbons (Fsp3) is 0.273. The number of aromatic nitrogens is 1. The maximum atomic E-state index is 11.5. The molecule has 0 aromatic carbocycles. The van der Waals surface area contributed by atoms with Crippen LogP contribution in [0.5, 0.6) is 0 Å². The average Bonchev–Trinajstić information content (AvgIpc) is 2.28. The predicted molar refractivity (Wildman–Crippen MR) is 59.7 cm³/mol. The van der Waals surface area contributed by atoms with Gasteiger partial charge in [-0.25, -0.2) is 9.78 Å². The number of hydrogen-bond donors (Lipinski definition) is 0. The number of nitrogens with zero attached hydrogens (tertiary/aromatic N) is 1. The van der Waals surface area contributed by atoms with Crippen molar-refractivity contribution in [1.82, 2.24) is 4.98 Å². The highest BCUT2D eigenvalue weighted by molar-refractivity contribution is 7.98. The zero-order valence-electron chi connectivity index (χ0n) is 8.56. The third kappa shape index (κ3) is 3.30. The predicted octanol–water partition coefficient (Wildman–Crippen LogP) is 1.98. The molecule has 1 aromatic rings. The second-order valence-corrected chi connectivity index (χ2v) is 3.63. The smallest absolute Gasteiger partial charge is 0.339 e. The first-order valence-electron chi connectivity index (χ1n) is 4.34. The zero-order chi connectivity index (χ0) is 11.3. The topological polar surface area (TPSA) is 39.2 Å². The van der Waals surface area contributed by atoms with E-state index in [2.05, 4.69) is 10.9 Å². The Morgan fingerprint density at radius 2 is 2.47 bits per heavy atom. The van der Waals surface area contributed by atoms with E-state index in [1.54, 1.807) is 25.3 Å². The maximum absolute atomic E-state index is 11.5. The van der Waals surface area contributed by atoms with Crippen LogP contribution in [-0.2, 0) is 4.74 Å². The van der Waals surface area contributed by atoms with Crippen molar-refractivity contribution >= 4 is 17.7 Å². The van der Waals surface area contributed by atoms with Crippen LogP contribution in [0.4, 0.5) is 0 Å². The Morgan fingerprint density at radius 1 is 1.73 bits per heavy atom. The molecule has 15 heavy (non-hydrogen) atoms. The van der Waals surface area contributed by atoms with Gasteiger partial charge in [0.25, 0.3) is 0 Å². The minimum Gasteiger partial charge on any atom is -0.446 e. The normalized spacial score (nSPS) is 11.5. The number of ether oxygens (including phenoxy) is 1. The molecule has 0 spiro atoms. The van der Waals surface area contributed by atoms with E-state index in [4.69, 9.17) is 11.2 Å². The SMILES string of the molecule is C#C[C@@H](C)OC(=O)c1ccnc(SC)c1. The molecule has 1 aromatic heterocycles. The molecule has 1 rings (SSSR count). The van der Waals surface area contributed by atoms with Gasteiger partial charge in [0, 0.05) is 6.20 Å². The molecule has 0 aliphatic heterocycles. The molecule has 0 radical (unpaired) electrons. The molecule has 0 N–H and O–H groups in total. The summed E-state index contributed by atoms with van der Waals surface area (Å²) in [5, 5.41) is 0.776. The van der Waals surface area contributed by atoms with Crippen molar-refractivity contribution in [1.29, 1.82) is 0 Å². The molecule has 0 aliphatic rings. The molecule has 78 valence electrons. The fourth-order valence-corrected chi connectivity index (χ4v) is 1.32. The molecule has 0 saturated heterocycles. The number of carbonyl (C=O) groups excluding carboxylic acids is 1. The van der Waals surface area contributed by atoms with Crippen LogP contribution in [0.2, 0.25) is 0 Å². The lowest BCUT2D eigenvalue weighted by atomic mass is 10.3. The summed E-state index contributed by atoms with van der Waals surface area (Å²) >= 11 is 1.47. The third-order valence-corrected chi connectivity index (χ3v) is 2.34. The highest BCUT2D eigenvalue weighted by Gasteiger charge is 2.10. The summed E-state index contributed by atoms with van der Waals surface area (Å²) in [7, 11) is 0. The minimum absolute atomic E-state index is 0.418. The second kappa shape index (κ2) is 5.42. The van der Waals surface area contributed by atoms with Gasteiger partial charge in [-0.1, -0.05) is 5.92 Å². The lowest BCUT2D eigenvalue weighted by Gasteiger charge is -2.07. The Kier molecular flexibility index (Phi) is 4.19. The lowest BCUT2D eigenvalue weighted by Crippen LogP contribution is -2.13. The molecule has 1 heterocycles. The molecule has 0 amide bonds. The van der Waals surface area contributed by atoms with Crippen LogP contribution >= 0.6 is 11.8 Å². The van der Waals surface area contributed by atoms with Crippen molar-refractivity contribution in [2.24, 2.45) is 0 Å². The Bertz CT molecular complexity index is 398. The minimum atomic E-state index is -0.511. The van der Waals surface area contributed by atoms with Gasteiger partial charge in [-0.05, 0) is 25.3 Å². The second-order valence-electron chi connectivity index (χ2n) is 2.80. The van der Waals surface area contributed by atoms with Gasteiger partial charge in [0.05, 0.1) is 10.6 Å². The number of esters is 1. The van der Waals surface area contributed by atoms with Crippen molar-refractivity contribution in [2.75, 3.05) is 6.26 Å². The third-order valence-electron chi connectivity index (χ3n) is 1.70. The standard InChI is InChI=1S/C11H11NO2S/c1-4-8(2)14-11(13)9-5-6-12-10(7-9)15-3/h1,5-8H,2-3H3/t8-/m1/s1. The van der Waals surface area contributed by atoms with Crippen LogP contribution in [0.1, 0.15) is 17.3 Å². The van der Waals surface area contributed by atoms with Crippen molar-refractivity contribution in [3.8, 4) is 12.3 Å². The van der Waals surface area contributed by atoms with E-state index < -0.39 is 12.1 Å². The van der Waals surface area contributed by atoms with Crippen molar-refractivity contribution in [3.05, 3.63) is 23.9 Å². The van der Waals surface area contributed by atoms with Crippen molar-refractivity contribution in [2.45, 2.75) is 18.1 Å². The molecule has 0 saturated carbocycles. The molecular weight excluding hydrogens is 210 g/mol. The monoisotopic (exact) mass is 221 g/mol. The first-order valence-corrected chi connectivity index (χ1v) is 5.57. The van der Waals surface area contributed by atoms with E-state index in [0.29, 0.717) is 5.56 Å². The number of pyridine rings is 1. The van der Waals surface area contributed by atoms with Crippen molar-refractivity contribution in [3.63, 3.8) is 0 Å². The Balaban J connectivity index is 2.78. The highest BCUT2D eigenvalue weighted by Crippen LogP contribution is 2.13. The summed E-state index contributed by atoms with van der Waals surface area (Å²) in [5.74, 6) is 1.91. The molecule has 0 unspecified atom stereocenters. The van der Waals surface area contributed by atoms with Gasteiger partial charge in [-0.3, -0.25) is 0 Å². The van der Waals surface area contributed by atoms with Gasteiger partial charge < -0.3 is 4.74 Å². The van der Waals surface area contributed by atoms with E-state index in [0.717, 1.165) is 5.03 Å². The Labute approximate surface area is 93.2 Å². The summed E-state index contributed by atoms with van der Waals surface area (Å²) in [4.78, 5) is 15.6. The number of carbonyl (C=O) groups is 1. The van der Waals surface area contributed by atoms with Gasteiger partial charge in [0.2, 0.25) is 0 Å². The number of rotatable bonds is 3. The summed E-state index contributed by atoms with van der Waals surface area (Å²) in [6, 6.07) is 3.28. The molecule has 0 aliphatic carbocycles. The van der Waals surface area contributed by atoms with Crippen LogP contribution in [0.15, 0.2) is 23.4 Å². The van der Waals surface area contributed by atoms with E-state index in [1.165, 1.54) is 11.8 Å². The van der Waals surface area contributed by atoms with Crippen LogP contribution in [0.3, 0.4) is 0 Å². The van der Waals surface area contributed by atoms with Gasteiger partial charge in [0.15, 0.2) is 6.10 Å². The van der Waals surface area contributed by atoms with Crippen molar-refractivity contribution < 1.29 is 9.53 Å². The van der Waals surface area contributed by atoms with Gasteiger partial charge in [-0.15, -0.1) is 18.2 Å². The summed E-state index contributed by atoms with van der Waals surface area (Å²) in [5.41, 5.74) is 0.469. The zero-order valence-corrected chi connectivity index (χ0v) is 9.38. The lowest BCUT2D eigenvalue weighted by molar-refractivity contribution is 0.0438. The number of hydrogen-bond acceptors (Lipinski definition) is 4. The van der Waals surface area contributed by atoms with E-state index in [1.807, 2.05) is 6.26 Å². The van der Waals surface area contributed by atoms with E-state index >= 15 is 0 Å². The fourth-order valence-electron chi connectivity index (χ4n) is 0.911. The Hall–Kier alpha value is -1.47. The number of thioether (sulfide) groups is 1. The molecule has 3 nitrogen and oxygen atoms in total. The largest absolute Gasteiger partial charge is 0.446 e. The van der Waals surface area contributed by atoms with Crippen LogP contribution in [0.25, 0.3) is 0 Å². The molecule has 0 fully saturated rings. The Morgan fingerprint density at radius 3 is 3.07 bits per heavy atom. The quantitative estimate of drug-likeness (QED) is 0.444. The highest BCUT2D eigenvalue weighted by atomic mass is 32.2. The molecule has 1 atom stereocenters. The first kappa shape index (κ1) is 11.6. The average molecular weight is 221 g/mol. The maximum Gasteiger partial charge on any atom is 0.339 e. The van der Waals surface area contributed by atoms with Gasteiger partial charge >= 0.3 is 5.97 Å². The number of terminal acetylenes is 1. The van der Waals surface area contributed by atoms with E-state index in [-0.39, 0.29) is 0 Å². The van der Waals surface area contributed by atoms with Crippen LogP contribution in [-0.4, -0.2) is 23.3 Å². The van der Waals surface area contributed by atoms with Crippen LogP contribution < -0.4 is 0 Å². The van der Waals surface area contributed by atoms with Gasteiger partial charge in [-0.2, -0.15) is 0 Å². The summed E-state index contributed by atoms with van der Waals surface area (Å²) < 4.78 is 4.97. The molecule has 0 bridgehead atoms. The summed E-state index contributed by atoms with van der Waals surface area (Å²) in [6.07, 6.45) is 8.06. The molecular formula is C11H11NO2S. The van der Waals surface area contributed by atoms with E-state index in [9.17, 15) is 4.79 Å². The summed E-state index contributed by atoms with van der Waals surface area (Å²) in [6.45, 7) is 1.65. The van der Waals surface area contributed by atoms with Crippen LogP contribution in [0, 0.1) is 12.3 Å². The molecule has 4 heteroatoms. The first-order chi connectivity index (χ1) is 7.17. The van der Waals surface area contributed by atoms with Gasteiger partial charge in [0.1, 0.15) is 0 Å².